The van der Waals surface area contributed by atoms with E-state index in [2.05, 4.69) is 28.1 Å². The predicted octanol–water partition coefficient (Wildman–Crippen LogP) is 5.45. The minimum Gasteiger partial charge on any atom is -0.493 e. The van der Waals surface area contributed by atoms with Gasteiger partial charge in [-0.3, -0.25) is 0 Å². The lowest BCUT2D eigenvalue weighted by molar-refractivity contribution is 0.202. The van der Waals surface area contributed by atoms with E-state index in [0.29, 0.717) is 6.10 Å². The molecule has 2 aromatic rings. The summed E-state index contributed by atoms with van der Waals surface area (Å²) < 4.78 is 12.9. The number of methoxy groups -OCH3 is 1. The Hall–Kier alpha value is -1.48. The van der Waals surface area contributed by atoms with E-state index in [4.69, 9.17) is 9.47 Å². The first kappa shape index (κ1) is 14.5. The third-order valence-corrected chi connectivity index (χ3v) is 4.64. The predicted molar refractivity (Wildman–Crippen MR) is 89.0 cm³/mol. The second-order valence-electron chi connectivity index (χ2n) is 5.34. The molecule has 2 aromatic carbocycles. The molecule has 1 fully saturated rings. The van der Waals surface area contributed by atoms with Crippen molar-refractivity contribution < 1.29 is 9.47 Å². The number of ether oxygens (including phenoxy) is 2. The largest absolute Gasteiger partial charge is 0.493 e. The SMILES string of the molecule is COc1cccc(-c2ccccc2Br)c1OC1CCCC1. The van der Waals surface area contributed by atoms with Crippen molar-refractivity contribution in [2.75, 3.05) is 7.11 Å². The highest BCUT2D eigenvalue weighted by atomic mass is 79.9. The summed E-state index contributed by atoms with van der Waals surface area (Å²) in [4.78, 5) is 0. The summed E-state index contributed by atoms with van der Waals surface area (Å²) in [5.41, 5.74) is 2.21. The van der Waals surface area contributed by atoms with Crippen LogP contribution >= 0.6 is 15.9 Å². The molecular formula is C18H19BrO2. The quantitative estimate of drug-likeness (QED) is 0.733. The number of rotatable bonds is 4. The van der Waals surface area contributed by atoms with Gasteiger partial charge in [-0.05, 0) is 43.4 Å². The van der Waals surface area contributed by atoms with Crippen LogP contribution in [-0.4, -0.2) is 13.2 Å². The Bertz CT molecular complexity index is 618. The van der Waals surface area contributed by atoms with Crippen molar-refractivity contribution in [3.63, 3.8) is 0 Å². The maximum atomic E-state index is 6.29. The highest BCUT2D eigenvalue weighted by Gasteiger charge is 2.21. The molecule has 3 heteroatoms. The van der Waals surface area contributed by atoms with E-state index in [1.807, 2.05) is 30.3 Å². The van der Waals surface area contributed by atoms with Crippen molar-refractivity contribution in [3.05, 3.63) is 46.9 Å². The van der Waals surface area contributed by atoms with E-state index in [0.717, 1.165) is 39.9 Å². The minimum atomic E-state index is 0.308. The number of hydrogen-bond donors (Lipinski definition) is 0. The van der Waals surface area contributed by atoms with Crippen molar-refractivity contribution in [1.29, 1.82) is 0 Å². The van der Waals surface area contributed by atoms with Gasteiger partial charge in [-0.15, -0.1) is 0 Å². The van der Waals surface area contributed by atoms with Crippen LogP contribution in [0, 0.1) is 0 Å². The second-order valence-corrected chi connectivity index (χ2v) is 6.20. The first-order valence-corrected chi connectivity index (χ1v) is 8.17. The highest BCUT2D eigenvalue weighted by Crippen LogP contribution is 2.42. The van der Waals surface area contributed by atoms with Crippen LogP contribution in [0.2, 0.25) is 0 Å². The lowest BCUT2D eigenvalue weighted by atomic mass is 10.0. The molecule has 2 nitrogen and oxygen atoms in total. The molecule has 21 heavy (non-hydrogen) atoms. The van der Waals surface area contributed by atoms with E-state index < -0.39 is 0 Å². The van der Waals surface area contributed by atoms with E-state index in [1.54, 1.807) is 7.11 Å². The molecule has 0 amide bonds. The van der Waals surface area contributed by atoms with Crippen molar-refractivity contribution in [3.8, 4) is 22.6 Å². The fourth-order valence-electron chi connectivity index (χ4n) is 2.86. The molecule has 0 unspecified atom stereocenters. The Balaban J connectivity index is 2.05. The van der Waals surface area contributed by atoms with Crippen LogP contribution in [0.3, 0.4) is 0 Å². The van der Waals surface area contributed by atoms with Crippen LogP contribution in [0.4, 0.5) is 0 Å². The van der Waals surface area contributed by atoms with Gasteiger partial charge in [-0.1, -0.05) is 46.3 Å². The molecule has 0 aromatic heterocycles. The summed E-state index contributed by atoms with van der Waals surface area (Å²) in [5.74, 6) is 1.66. The average Bonchev–Trinajstić information content (AvgIpc) is 3.01. The summed E-state index contributed by atoms with van der Waals surface area (Å²) in [6.07, 6.45) is 5.08. The zero-order valence-corrected chi connectivity index (χ0v) is 13.7. The van der Waals surface area contributed by atoms with Crippen LogP contribution in [0.15, 0.2) is 46.9 Å². The van der Waals surface area contributed by atoms with Gasteiger partial charge in [0.1, 0.15) is 0 Å². The Labute approximate surface area is 134 Å². The van der Waals surface area contributed by atoms with Gasteiger partial charge in [0.15, 0.2) is 11.5 Å². The standard InChI is InChI=1S/C18H19BrO2/c1-20-17-12-6-10-15(14-9-4-5-11-16(14)19)18(17)21-13-7-2-3-8-13/h4-6,9-13H,2-3,7-8H2,1H3. The molecule has 0 aliphatic heterocycles. The number of halogens is 1. The van der Waals surface area contributed by atoms with E-state index >= 15 is 0 Å². The molecule has 1 aliphatic carbocycles. The van der Waals surface area contributed by atoms with E-state index in [-0.39, 0.29) is 0 Å². The molecule has 1 saturated carbocycles. The Morgan fingerprint density at radius 3 is 2.38 bits per heavy atom. The zero-order chi connectivity index (χ0) is 14.7. The average molecular weight is 347 g/mol. The third-order valence-electron chi connectivity index (χ3n) is 3.95. The van der Waals surface area contributed by atoms with Crippen molar-refractivity contribution in [2.45, 2.75) is 31.8 Å². The van der Waals surface area contributed by atoms with Gasteiger partial charge in [0.2, 0.25) is 0 Å². The van der Waals surface area contributed by atoms with E-state index in [9.17, 15) is 0 Å². The van der Waals surface area contributed by atoms with Gasteiger partial charge in [0.05, 0.1) is 13.2 Å². The third kappa shape index (κ3) is 3.08. The second kappa shape index (κ2) is 6.52. The van der Waals surface area contributed by atoms with Crippen molar-refractivity contribution >= 4 is 15.9 Å². The van der Waals surface area contributed by atoms with Crippen molar-refractivity contribution in [1.82, 2.24) is 0 Å². The molecule has 1 aliphatic rings. The van der Waals surface area contributed by atoms with Crippen molar-refractivity contribution in [2.24, 2.45) is 0 Å². The molecule has 0 saturated heterocycles. The Morgan fingerprint density at radius 1 is 0.952 bits per heavy atom. The van der Waals surface area contributed by atoms with E-state index in [1.165, 1.54) is 12.8 Å². The first-order chi connectivity index (χ1) is 10.3. The van der Waals surface area contributed by atoms with Crippen LogP contribution in [-0.2, 0) is 0 Å². The molecule has 3 rings (SSSR count). The molecule has 0 heterocycles. The maximum absolute atomic E-state index is 6.29. The van der Waals surface area contributed by atoms with Crippen LogP contribution < -0.4 is 9.47 Å². The highest BCUT2D eigenvalue weighted by molar-refractivity contribution is 9.10. The number of para-hydroxylation sites is 1. The van der Waals surface area contributed by atoms with Crippen LogP contribution in [0.25, 0.3) is 11.1 Å². The normalized spacial score (nSPS) is 15.1. The number of hydrogen-bond acceptors (Lipinski definition) is 2. The van der Waals surface area contributed by atoms with Gasteiger partial charge < -0.3 is 9.47 Å². The Morgan fingerprint density at radius 2 is 1.67 bits per heavy atom. The monoisotopic (exact) mass is 346 g/mol. The van der Waals surface area contributed by atoms with Gasteiger partial charge >= 0.3 is 0 Å². The summed E-state index contributed by atoms with van der Waals surface area (Å²) in [5, 5.41) is 0. The van der Waals surface area contributed by atoms with Gasteiger partial charge in [-0.25, -0.2) is 0 Å². The fourth-order valence-corrected chi connectivity index (χ4v) is 3.36. The number of benzene rings is 2. The fraction of sp³-hybridized carbons (Fsp3) is 0.333. The summed E-state index contributed by atoms with van der Waals surface area (Å²) in [6, 6.07) is 14.3. The summed E-state index contributed by atoms with van der Waals surface area (Å²) in [7, 11) is 1.70. The molecule has 0 atom stereocenters. The summed E-state index contributed by atoms with van der Waals surface area (Å²) in [6.45, 7) is 0. The molecule has 0 spiro atoms. The Kier molecular flexibility index (Phi) is 4.49. The molecule has 0 N–H and O–H groups in total. The molecule has 0 bridgehead atoms. The summed E-state index contributed by atoms with van der Waals surface area (Å²) >= 11 is 3.63. The van der Waals surface area contributed by atoms with Gasteiger partial charge in [0, 0.05) is 10.0 Å². The lowest BCUT2D eigenvalue weighted by Gasteiger charge is -2.19. The smallest absolute Gasteiger partial charge is 0.169 e. The zero-order valence-electron chi connectivity index (χ0n) is 12.1. The molecular weight excluding hydrogens is 328 g/mol. The topological polar surface area (TPSA) is 18.5 Å². The van der Waals surface area contributed by atoms with Gasteiger partial charge in [0.25, 0.3) is 0 Å². The molecule has 0 radical (unpaired) electrons. The van der Waals surface area contributed by atoms with Crippen LogP contribution in [0.5, 0.6) is 11.5 Å². The minimum absolute atomic E-state index is 0.308. The van der Waals surface area contributed by atoms with Crippen LogP contribution in [0.1, 0.15) is 25.7 Å². The lowest BCUT2D eigenvalue weighted by Crippen LogP contribution is -2.12. The van der Waals surface area contributed by atoms with Gasteiger partial charge in [-0.2, -0.15) is 0 Å². The molecule has 110 valence electrons. The first-order valence-electron chi connectivity index (χ1n) is 7.38. The maximum Gasteiger partial charge on any atom is 0.169 e.